The molecular weight excluding hydrogens is 362 g/mol. The van der Waals surface area contributed by atoms with Crippen molar-refractivity contribution in [2.24, 2.45) is 10.8 Å². The fraction of sp³-hybridized carbons (Fsp3) is 0.478. The van der Waals surface area contributed by atoms with E-state index in [9.17, 15) is 0 Å². The molecule has 3 N–H and O–H groups in total. The number of nitrogen functional groups attached to an aromatic ring is 1. The Bertz CT molecular complexity index is 1050. The van der Waals surface area contributed by atoms with Crippen LogP contribution in [0, 0.1) is 10.8 Å². The standard InChI is InChI=1S/C23H27N5O/c24-21-18-2-1-3-19(17(18)4-6-26-21)27-14-22-11-23(12-22,13-22)15-29-16-5-8-28-9-7-25-20(28)10-16/h1-4,6-7,9,16,27H,5,8,10-15H2,(H2,24,26). The molecule has 3 aliphatic carbocycles. The van der Waals surface area contributed by atoms with Gasteiger partial charge >= 0.3 is 0 Å². The molecule has 0 amide bonds. The molecule has 150 valence electrons. The van der Waals surface area contributed by atoms with E-state index in [0.717, 1.165) is 49.0 Å². The summed E-state index contributed by atoms with van der Waals surface area (Å²) >= 11 is 0. The van der Waals surface area contributed by atoms with Crippen molar-refractivity contribution in [2.45, 2.75) is 44.8 Å². The van der Waals surface area contributed by atoms with E-state index in [2.05, 4.69) is 38.2 Å². The Balaban J connectivity index is 1.03. The summed E-state index contributed by atoms with van der Waals surface area (Å²) in [5, 5.41) is 5.87. The SMILES string of the molecule is Nc1nccc2c(NCC34CC(COC5CCn6ccnc6C5)(C3)C4)cccc12. The molecule has 2 aromatic heterocycles. The van der Waals surface area contributed by atoms with Crippen molar-refractivity contribution >= 4 is 22.3 Å². The van der Waals surface area contributed by atoms with Gasteiger partial charge in [0, 0.05) is 54.6 Å². The number of nitrogens with two attached hydrogens (primary N) is 1. The normalized spacial score (nSPS) is 29.7. The highest BCUT2D eigenvalue weighted by Crippen LogP contribution is 2.73. The lowest BCUT2D eigenvalue weighted by atomic mass is 9.35. The molecule has 29 heavy (non-hydrogen) atoms. The fourth-order valence-electron chi connectivity index (χ4n) is 6.00. The van der Waals surface area contributed by atoms with Crippen LogP contribution < -0.4 is 11.1 Å². The maximum Gasteiger partial charge on any atom is 0.131 e. The summed E-state index contributed by atoms with van der Waals surface area (Å²) in [4.78, 5) is 8.65. The lowest BCUT2D eigenvalue weighted by Crippen LogP contribution is -2.66. The predicted molar refractivity (Wildman–Crippen MR) is 114 cm³/mol. The van der Waals surface area contributed by atoms with E-state index >= 15 is 0 Å². The molecule has 2 bridgehead atoms. The summed E-state index contributed by atoms with van der Waals surface area (Å²) in [6, 6.07) is 8.27. The average Bonchev–Trinajstić information content (AvgIpc) is 3.14. The van der Waals surface area contributed by atoms with Crippen LogP contribution in [-0.4, -0.2) is 33.8 Å². The largest absolute Gasteiger partial charge is 0.384 e. The number of pyridine rings is 1. The van der Waals surface area contributed by atoms with E-state index in [1.54, 1.807) is 6.20 Å². The average molecular weight is 390 g/mol. The van der Waals surface area contributed by atoms with Crippen LogP contribution in [0.4, 0.5) is 11.5 Å². The van der Waals surface area contributed by atoms with Crippen LogP contribution >= 0.6 is 0 Å². The quantitative estimate of drug-likeness (QED) is 0.673. The van der Waals surface area contributed by atoms with Gasteiger partial charge in [0.05, 0.1) is 12.7 Å². The van der Waals surface area contributed by atoms with Gasteiger partial charge in [-0.15, -0.1) is 0 Å². The van der Waals surface area contributed by atoms with Crippen molar-refractivity contribution in [3.8, 4) is 0 Å². The van der Waals surface area contributed by atoms with Crippen LogP contribution in [0.3, 0.4) is 0 Å². The summed E-state index contributed by atoms with van der Waals surface area (Å²) in [5.74, 6) is 1.77. The van der Waals surface area contributed by atoms with Crippen molar-refractivity contribution in [2.75, 3.05) is 24.2 Å². The van der Waals surface area contributed by atoms with Gasteiger partial charge in [0.15, 0.2) is 0 Å². The molecule has 0 radical (unpaired) electrons. The number of hydrogen-bond acceptors (Lipinski definition) is 5. The zero-order valence-electron chi connectivity index (χ0n) is 16.6. The molecule has 4 aliphatic rings. The number of ether oxygens (including phenoxy) is 1. The van der Waals surface area contributed by atoms with E-state index in [1.165, 1.54) is 25.1 Å². The zero-order chi connectivity index (χ0) is 19.5. The number of aromatic nitrogens is 3. The summed E-state index contributed by atoms with van der Waals surface area (Å²) in [5.41, 5.74) is 8.07. The van der Waals surface area contributed by atoms with Gasteiger partial charge in [-0.1, -0.05) is 12.1 Å². The van der Waals surface area contributed by atoms with Gasteiger partial charge in [0.25, 0.3) is 0 Å². The molecule has 0 saturated heterocycles. The number of imidazole rings is 1. The van der Waals surface area contributed by atoms with Crippen LogP contribution in [-0.2, 0) is 17.7 Å². The third-order valence-electron chi connectivity index (χ3n) is 7.27. The summed E-state index contributed by atoms with van der Waals surface area (Å²) in [6.07, 6.45) is 12.0. The number of aryl methyl sites for hydroxylation is 1. The van der Waals surface area contributed by atoms with Crippen LogP contribution in [0.25, 0.3) is 10.8 Å². The monoisotopic (exact) mass is 389 g/mol. The molecule has 7 rings (SSSR count). The number of nitrogens with one attached hydrogen (secondary N) is 1. The topological polar surface area (TPSA) is 78.0 Å². The Morgan fingerprint density at radius 3 is 2.90 bits per heavy atom. The maximum absolute atomic E-state index is 6.34. The molecule has 3 fully saturated rings. The van der Waals surface area contributed by atoms with Gasteiger partial charge in [0.1, 0.15) is 11.6 Å². The first-order valence-electron chi connectivity index (χ1n) is 10.6. The molecular formula is C23H27N5O. The van der Waals surface area contributed by atoms with Crippen LogP contribution in [0.15, 0.2) is 42.9 Å². The van der Waals surface area contributed by atoms with E-state index in [4.69, 9.17) is 10.5 Å². The number of hydrogen-bond donors (Lipinski definition) is 2. The number of fused-ring (bicyclic) bond motifs is 2. The van der Waals surface area contributed by atoms with Crippen molar-refractivity contribution in [1.82, 2.24) is 14.5 Å². The molecule has 1 aromatic carbocycles. The molecule has 6 nitrogen and oxygen atoms in total. The first-order chi connectivity index (χ1) is 14.1. The molecule has 3 saturated carbocycles. The van der Waals surface area contributed by atoms with Gasteiger partial charge in [-0.25, -0.2) is 9.97 Å². The Hall–Kier alpha value is -2.60. The predicted octanol–water partition coefficient (Wildman–Crippen LogP) is 3.63. The molecule has 1 atom stereocenters. The molecule has 1 unspecified atom stereocenters. The second-order valence-corrected chi connectivity index (χ2v) is 9.44. The van der Waals surface area contributed by atoms with Crippen molar-refractivity contribution in [3.05, 3.63) is 48.7 Å². The summed E-state index contributed by atoms with van der Waals surface area (Å²) < 4.78 is 8.59. The second kappa shape index (κ2) is 6.20. The van der Waals surface area contributed by atoms with Crippen molar-refractivity contribution in [1.29, 1.82) is 0 Å². The van der Waals surface area contributed by atoms with Gasteiger partial charge in [-0.3, -0.25) is 0 Å². The van der Waals surface area contributed by atoms with Gasteiger partial charge in [-0.05, 0) is 48.6 Å². The lowest BCUT2D eigenvalue weighted by Gasteiger charge is -2.71. The molecule has 1 aliphatic heterocycles. The first kappa shape index (κ1) is 17.3. The van der Waals surface area contributed by atoms with Crippen molar-refractivity contribution < 1.29 is 4.74 Å². The highest BCUT2D eigenvalue weighted by atomic mass is 16.5. The minimum atomic E-state index is 0.336. The molecule has 3 heterocycles. The van der Waals surface area contributed by atoms with E-state index < -0.39 is 0 Å². The van der Waals surface area contributed by atoms with Gasteiger partial charge in [0.2, 0.25) is 0 Å². The van der Waals surface area contributed by atoms with Crippen molar-refractivity contribution in [3.63, 3.8) is 0 Å². The smallest absolute Gasteiger partial charge is 0.131 e. The van der Waals surface area contributed by atoms with E-state index in [-0.39, 0.29) is 0 Å². The van der Waals surface area contributed by atoms with E-state index in [1.807, 2.05) is 18.3 Å². The van der Waals surface area contributed by atoms with Crippen LogP contribution in [0.5, 0.6) is 0 Å². The Labute approximate surface area is 170 Å². The minimum absolute atomic E-state index is 0.336. The third-order valence-corrected chi connectivity index (χ3v) is 7.27. The first-order valence-corrected chi connectivity index (χ1v) is 10.6. The van der Waals surface area contributed by atoms with E-state index in [0.29, 0.717) is 22.8 Å². The number of benzene rings is 1. The molecule has 0 spiro atoms. The second-order valence-electron chi connectivity index (χ2n) is 9.44. The third kappa shape index (κ3) is 2.81. The fourth-order valence-corrected chi connectivity index (χ4v) is 6.00. The summed E-state index contributed by atoms with van der Waals surface area (Å²) in [6.45, 7) is 2.97. The molecule has 3 aromatic rings. The highest BCUT2D eigenvalue weighted by Gasteiger charge is 2.67. The van der Waals surface area contributed by atoms with Gasteiger partial charge in [-0.2, -0.15) is 0 Å². The lowest BCUT2D eigenvalue weighted by molar-refractivity contribution is -0.230. The minimum Gasteiger partial charge on any atom is -0.384 e. The number of rotatable bonds is 6. The maximum atomic E-state index is 6.34. The Kier molecular flexibility index (Phi) is 3.69. The number of anilines is 2. The Morgan fingerprint density at radius 2 is 2.00 bits per heavy atom. The van der Waals surface area contributed by atoms with Crippen LogP contribution in [0.1, 0.15) is 31.5 Å². The number of nitrogens with zero attached hydrogens (tertiary/aromatic N) is 3. The zero-order valence-corrected chi connectivity index (χ0v) is 16.6. The van der Waals surface area contributed by atoms with Crippen LogP contribution in [0.2, 0.25) is 0 Å². The highest BCUT2D eigenvalue weighted by molar-refractivity contribution is 5.99. The molecule has 6 heteroatoms. The Morgan fingerprint density at radius 1 is 1.10 bits per heavy atom. The van der Waals surface area contributed by atoms with Gasteiger partial charge < -0.3 is 20.4 Å². The summed E-state index contributed by atoms with van der Waals surface area (Å²) in [7, 11) is 0.